The lowest BCUT2D eigenvalue weighted by Gasteiger charge is -2.59. The molecule has 2 amide bonds. The fourth-order valence-electron chi connectivity index (χ4n) is 8.55. The molecule has 5 rings (SSSR count). The molecule has 58 heavy (non-hydrogen) atoms. The molecule has 6 unspecified atom stereocenters. The van der Waals surface area contributed by atoms with Crippen molar-refractivity contribution < 1.29 is 53.1 Å². The van der Waals surface area contributed by atoms with Gasteiger partial charge in [-0.05, 0) is 78.8 Å². The number of rotatable bonds is 18. The number of hydrogen-bond donors (Lipinski definition) is 3. The summed E-state index contributed by atoms with van der Waals surface area (Å²) in [6, 6.07) is 9.59. The standard InChI is InChI=1S/C44H61N3O11/c1-9-22-56-44-38(47(5)42(51)55-27-43(2,3)4)26-35(46-54-8)32-23-28(14-10-12-20-48)31(15-11-13-21-49)39(40(32)44)33-24-30(17-19-36(33)58-44)57-41(50)45-34-18-16-29(52-6)25-37(34)53-7/h9,16-19,23-25,28,31,38-40,48-49H,1,10-15,20-22,26-27H2,2-8H3,(H,45,50). The lowest BCUT2D eigenvalue weighted by Crippen LogP contribution is -2.69. The van der Waals surface area contributed by atoms with Gasteiger partial charge in [0, 0.05) is 44.2 Å². The van der Waals surface area contributed by atoms with Crippen molar-refractivity contribution in [2.45, 2.75) is 83.5 Å². The van der Waals surface area contributed by atoms with Gasteiger partial charge in [0.1, 0.15) is 36.1 Å². The fourth-order valence-corrected chi connectivity index (χ4v) is 8.55. The Labute approximate surface area is 342 Å². The molecule has 1 fully saturated rings. The number of benzene rings is 2. The minimum Gasteiger partial charge on any atom is -0.497 e. The van der Waals surface area contributed by atoms with Crippen molar-refractivity contribution in [2.24, 2.45) is 28.3 Å². The van der Waals surface area contributed by atoms with Gasteiger partial charge in [-0.3, -0.25) is 5.32 Å². The molecule has 2 aliphatic carbocycles. The van der Waals surface area contributed by atoms with Gasteiger partial charge >= 0.3 is 12.2 Å². The molecule has 0 radical (unpaired) electrons. The van der Waals surface area contributed by atoms with E-state index in [9.17, 15) is 19.8 Å². The second-order valence-corrected chi connectivity index (χ2v) is 16.3. The number of aliphatic hydroxyl groups excluding tert-OH is 2. The molecule has 14 nitrogen and oxygen atoms in total. The molecule has 0 bridgehead atoms. The van der Waals surface area contributed by atoms with E-state index in [1.165, 1.54) is 14.2 Å². The first-order chi connectivity index (χ1) is 27.8. The molecule has 0 aromatic heterocycles. The first-order valence-electron chi connectivity index (χ1n) is 20.1. The maximum absolute atomic E-state index is 13.9. The molecule has 0 spiro atoms. The van der Waals surface area contributed by atoms with Gasteiger partial charge < -0.3 is 48.4 Å². The summed E-state index contributed by atoms with van der Waals surface area (Å²) < 4.78 is 36.5. The first kappa shape index (κ1) is 44.3. The van der Waals surface area contributed by atoms with E-state index in [-0.39, 0.29) is 61.8 Å². The van der Waals surface area contributed by atoms with Crippen LogP contribution in [-0.2, 0) is 14.3 Å². The second-order valence-electron chi connectivity index (χ2n) is 16.3. The highest BCUT2D eigenvalue weighted by atomic mass is 16.7. The first-order valence-corrected chi connectivity index (χ1v) is 20.1. The lowest BCUT2D eigenvalue weighted by atomic mass is 9.55. The van der Waals surface area contributed by atoms with Crippen LogP contribution < -0.4 is 24.3 Å². The number of allylic oxidation sites excluding steroid dienone is 1. The zero-order valence-corrected chi connectivity index (χ0v) is 35.0. The van der Waals surface area contributed by atoms with E-state index >= 15 is 0 Å². The number of nitrogens with one attached hydrogen (secondary N) is 1. The van der Waals surface area contributed by atoms with Gasteiger partial charge in [-0.1, -0.05) is 50.9 Å². The smallest absolute Gasteiger partial charge is 0.417 e. The number of fused-ring (bicyclic) bond motifs is 2. The van der Waals surface area contributed by atoms with E-state index in [4.69, 9.17) is 33.3 Å². The number of aliphatic hydroxyl groups is 2. The minimum atomic E-state index is -1.43. The predicted molar refractivity (Wildman–Crippen MR) is 220 cm³/mol. The minimum absolute atomic E-state index is 0.0123. The zero-order valence-electron chi connectivity index (χ0n) is 35.0. The molecule has 6 atom stereocenters. The molecular weight excluding hydrogens is 746 g/mol. The van der Waals surface area contributed by atoms with Gasteiger partial charge in [-0.2, -0.15) is 0 Å². The molecule has 2 aromatic rings. The molecule has 14 heteroatoms. The summed E-state index contributed by atoms with van der Waals surface area (Å²) in [6.07, 6.45) is 7.26. The summed E-state index contributed by atoms with van der Waals surface area (Å²) >= 11 is 0. The molecule has 1 aliphatic heterocycles. The summed E-state index contributed by atoms with van der Waals surface area (Å²) in [6.45, 7) is 10.4. The molecule has 1 heterocycles. The van der Waals surface area contributed by atoms with E-state index in [1.54, 1.807) is 55.5 Å². The van der Waals surface area contributed by atoms with Gasteiger partial charge in [0.15, 0.2) is 0 Å². The van der Waals surface area contributed by atoms with Crippen molar-refractivity contribution in [3.8, 4) is 23.0 Å². The van der Waals surface area contributed by atoms with Crippen LogP contribution in [0, 0.1) is 23.2 Å². The van der Waals surface area contributed by atoms with Crippen molar-refractivity contribution in [1.82, 2.24) is 4.90 Å². The third-order valence-corrected chi connectivity index (χ3v) is 11.1. The van der Waals surface area contributed by atoms with Crippen LogP contribution in [0.4, 0.5) is 15.3 Å². The molecule has 0 saturated heterocycles. The quantitative estimate of drug-likeness (QED) is 0.0768. The number of amides is 2. The number of nitrogens with zero attached hydrogens (tertiary/aromatic N) is 2. The van der Waals surface area contributed by atoms with Crippen LogP contribution in [0.2, 0.25) is 0 Å². The molecule has 1 saturated carbocycles. The number of unbranched alkanes of at least 4 members (excludes halogenated alkanes) is 2. The second kappa shape index (κ2) is 19.8. The van der Waals surface area contributed by atoms with Crippen LogP contribution >= 0.6 is 0 Å². The highest BCUT2D eigenvalue weighted by molar-refractivity contribution is 6.03. The summed E-state index contributed by atoms with van der Waals surface area (Å²) in [5, 5.41) is 27.0. The van der Waals surface area contributed by atoms with Gasteiger partial charge in [-0.15, -0.1) is 6.58 Å². The van der Waals surface area contributed by atoms with Crippen molar-refractivity contribution in [3.63, 3.8) is 0 Å². The van der Waals surface area contributed by atoms with Crippen LogP contribution in [0.3, 0.4) is 0 Å². The summed E-state index contributed by atoms with van der Waals surface area (Å²) in [7, 11) is 6.23. The predicted octanol–water partition coefficient (Wildman–Crippen LogP) is 7.69. The molecule has 3 N–H and O–H groups in total. The summed E-state index contributed by atoms with van der Waals surface area (Å²) in [4.78, 5) is 34.3. The van der Waals surface area contributed by atoms with Crippen LogP contribution in [0.1, 0.15) is 77.2 Å². The average molecular weight is 808 g/mol. The Balaban J connectivity index is 1.66. The van der Waals surface area contributed by atoms with Gasteiger partial charge in [0.05, 0.1) is 44.8 Å². The Bertz CT molecular complexity index is 1810. The number of anilines is 1. The van der Waals surface area contributed by atoms with E-state index in [2.05, 4.69) is 23.1 Å². The monoisotopic (exact) mass is 807 g/mol. The van der Waals surface area contributed by atoms with Crippen molar-refractivity contribution in [3.05, 3.63) is 66.3 Å². The molecule has 318 valence electrons. The van der Waals surface area contributed by atoms with Crippen LogP contribution in [0.25, 0.3) is 0 Å². The lowest BCUT2D eigenvalue weighted by molar-refractivity contribution is -0.253. The van der Waals surface area contributed by atoms with E-state index in [0.29, 0.717) is 41.5 Å². The van der Waals surface area contributed by atoms with Crippen molar-refractivity contribution in [1.29, 1.82) is 0 Å². The Hall–Kier alpha value is -4.79. The topological polar surface area (TPSA) is 167 Å². The Morgan fingerprint density at radius 2 is 1.74 bits per heavy atom. The normalized spacial score (nSPS) is 24.0. The van der Waals surface area contributed by atoms with Crippen LogP contribution in [0.15, 0.2) is 65.9 Å². The summed E-state index contributed by atoms with van der Waals surface area (Å²) in [5.41, 5.74) is 2.48. The van der Waals surface area contributed by atoms with Gasteiger partial charge in [0.25, 0.3) is 0 Å². The molecule has 3 aliphatic rings. The van der Waals surface area contributed by atoms with Crippen molar-refractivity contribution >= 4 is 23.6 Å². The number of oxime groups is 1. The largest absolute Gasteiger partial charge is 0.497 e. The number of carbonyl (C=O) groups is 2. The summed E-state index contributed by atoms with van der Waals surface area (Å²) in [5.74, 6) is -0.460. The third-order valence-electron chi connectivity index (χ3n) is 11.1. The maximum Gasteiger partial charge on any atom is 0.417 e. The number of ether oxygens (including phenoxy) is 6. The number of carbonyl (C=O) groups excluding carboxylic acids is 2. The van der Waals surface area contributed by atoms with Crippen LogP contribution in [0.5, 0.6) is 23.0 Å². The number of hydrogen-bond acceptors (Lipinski definition) is 12. The zero-order chi connectivity index (χ0) is 42.0. The van der Waals surface area contributed by atoms with E-state index in [1.807, 2.05) is 26.8 Å². The van der Waals surface area contributed by atoms with Crippen molar-refractivity contribution in [2.75, 3.05) is 60.1 Å². The highest BCUT2D eigenvalue weighted by Gasteiger charge is 2.65. The Morgan fingerprint density at radius 1 is 1.02 bits per heavy atom. The van der Waals surface area contributed by atoms with Crippen LogP contribution in [-0.4, -0.2) is 99.6 Å². The maximum atomic E-state index is 13.9. The van der Waals surface area contributed by atoms with E-state index < -0.39 is 29.9 Å². The molecular formula is C44H61N3O11. The fraction of sp³-hybridized carbons (Fsp3) is 0.568. The van der Waals surface area contributed by atoms with E-state index in [0.717, 1.165) is 36.8 Å². The Kier molecular flexibility index (Phi) is 15.1. The average Bonchev–Trinajstić information content (AvgIpc) is 3.20. The number of methoxy groups -OCH3 is 2. The van der Waals surface area contributed by atoms with Gasteiger partial charge in [0.2, 0.25) is 5.79 Å². The van der Waals surface area contributed by atoms with Gasteiger partial charge in [-0.25, -0.2) is 9.59 Å². The number of likely N-dealkylation sites (N-methyl/N-ethyl adjacent to an activating group) is 1. The SMILES string of the molecule is C=CCOC12Oc3ccc(OC(=O)Nc4ccc(OC)cc4OC)cc3C3C(CCCCO)C(CCCCO)C=C(C(=NOC)CC1N(C)C(=O)OCC(C)(C)C)C32. The molecule has 2 aromatic carbocycles. The Morgan fingerprint density at radius 3 is 2.40 bits per heavy atom. The third kappa shape index (κ3) is 9.90. The highest BCUT2D eigenvalue weighted by Crippen LogP contribution is 2.61.